The van der Waals surface area contributed by atoms with E-state index in [1.807, 2.05) is 12.1 Å². The second kappa shape index (κ2) is 7.31. The van der Waals surface area contributed by atoms with Gasteiger partial charge in [0.1, 0.15) is 0 Å². The van der Waals surface area contributed by atoms with Gasteiger partial charge in [0.2, 0.25) is 5.91 Å². The van der Waals surface area contributed by atoms with E-state index in [9.17, 15) is 4.79 Å². The highest BCUT2D eigenvalue weighted by molar-refractivity contribution is 6.35. The van der Waals surface area contributed by atoms with Crippen molar-refractivity contribution >= 4 is 29.1 Å². The van der Waals surface area contributed by atoms with Crippen molar-refractivity contribution in [2.24, 2.45) is 11.8 Å². The molecule has 2 saturated heterocycles. The zero-order valence-electron chi connectivity index (χ0n) is 15.0. The summed E-state index contributed by atoms with van der Waals surface area (Å²) in [5.41, 5.74) is 1.000. The molecule has 1 aromatic carbocycles. The Morgan fingerprint density at radius 1 is 1.23 bits per heavy atom. The van der Waals surface area contributed by atoms with Crippen molar-refractivity contribution < 1.29 is 14.3 Å². The number of amides is 1. The minimum absolute atomic E-state index is 0.00995. The van der Waals surface area contributed by atoms with Crippen LogP contribution in [-0.4, -0.2) is 42.4 Å². The number of ether oxygens (including phenoxy) is 2. The van der Waals surface area contributed by atoms with E-state index in [0.717, 1.165) is 37.8 Å². The summed E-state index contributed by atoms with van der Waals surface area (Å²) >= 11 is 12.3. The average molecular weight is 398 g/mol. The minimum atomic E-state index is -0.394. The normalized spacial score (nSPS) is 31.1. The Kier molecular flexibility index (Phi) is 5.21. The third-order valence-corrected chi connectivity index (χ3v) is 6.74. The van der Waals surface area contributed by atoms with Crippen molar-refractivity contribution in [2.45, 2.75) is 50.9 Å². The van der Waals surface area contributed by atoms with Crippen molar-refractivity contribution in [2.75, 3.05) is 19.8 Å². The summed E-state index contributed by atoms with van der Waals surface area (Å²) in [5.74, 6) is 0.256. The summed E-state index contributed by atoms with van der Waals surface area (Å²) < 4.78 is 11.7. The van der Waals surface area contributed by atoms with Crippen LogP contribution in [0.15, 0.2) is 18.2 Å². The molecule has 3 fully saturated rings. The van der Waals surface area contributed by atoms with Crippen LogP contribution < -0.4 is 0 Å². The molecule has 1 saturated carbocycles. The van der Waals surface area contributed by atoms with Gasteiger partial charge in [-0.3, -0.25) is 4.79 Å². The molecule has 0 radical (unpaired) electrons. The van der Waals surface area contributed by atoms with Gasteiger partial charge >= 0.3 is 0 Å². The molecule has 4 nitrogen and oxygen atoms in total. The molecule has 0 aromatic heterocycles. The first kappa shape index (κ1) is 18.5. The molecule has 2 aliphatic heterocycles. The van der Waals surface area contributed by atoms with Gasteiger partial charge in [-0.2, -0.15) is 0 Å². The van der Waals surface area contributed by atoms with E-state index in [0.29, 0.717) is 35.6 Å². The molecule has 6 heteroatoms. The van der Waals surface area contributed by atoms with Gasteiger partial charge in [-0.1, -0.05) is 36.2 Å². The van der Waals surface area contributed by atoms with Crippen molar-refractivity contribution in [3.63, 3.8) is 0 Å². The maximum Gasteiger partial charge on any atom is 0.226 e. The van der Waals surface area contributed by atoms with Gasteiger partial charge in [0, 0.05) is 41.4 Å². The van der Waals surface area contributed by atoms with Gasteiger partial charge in [-0.05, 0) is 42.9 Å². The fraction of sp³-hybridized carbons (Fsp3) is 0.650. The number of carbonyl (C=O) groups excluding carboxylic acids is 1. The van der Waals surface area contributed by atoms with Crippen LogP contribution in [0.4, 0.5) is 0 Å². The Bertz CT molecular complexity index is 690. The van der Waals surface area contributed by atoms with Gasteiger partial charge in [-0.25, -0.2) is 0 Å². The average Bonchev–Trinajstić information content (AvgIpc) is 3.19. The first-order valence-corrected chi connectivity index (χ1v) is 10.3. The van der Waals surface area contributed by atoms with Crippen LogP contribution >= 0.6 is 23.2 Å². The van der Waals surface area contributed by atoms with E-state index in [4.69, 9.17) is 32.7 Å². The van der Waals surface area contributed by atoms with Gasteiger partial charge in [-0.15, -0.1) is 0 Å². The smallest absolute Gasteiger partial charge is 0.226 e. The molecule has 0 bridgehead atoms. The van der Waals surface area contributed by atoms with E-state index in [1.165, 1.54) is 0 Å². The van der Waals surface area contributed by atoms with E-state index in [1.54, 1.807) is 6.07 Å². The summed E-state index contributed by atoms with van der Waals surface area (Å²) in [6.07, 6.45) is 4.26. The summed E-state index contributed by atoms with van der Waals surface area (Å²) in [5, 5.41) is 1.27. The predicted molar refractivity (Wildman–Crippen MR) is 101 cm³/mol. The molecule has 4 rings (SSSR count). The van der Waals surface area contributed by atoms with Crippen LogP contribution in [0.2, 0.25) is 10.0 Å². The Morgan fingerprint density at radius 3 is 2.69 bits per heavy atom. The summed E-state index contributed by atoms with van der Waals surface area (Å²) in [6.45, 7) is 4.42. The van der Waals surface area contributed by atoms with E-state index in [-0.39, 0.29) is 17.9 Å². The molecular formula is C20H25Cl2NO3. The first-order valence-electron chi connectivity index (χ1n) is 9.50. The third kappa shape index (κ3) is 3.49. The number of benzene rings is 1. The molecule has 26 heavy (non-hydrogen) atoms. The molecule has 3 atom stereocenters. The topological polar surface area (TPSA) is 38.8 Å². The lowest BCUT2D eigenvalue weighted by Gasteiger charge is -2.43. The quantitative estimate of drug-likeness (QED) is 0.762. The monoisotopic (exact) mass is 397 g/mol. The first-order chi connectivity index (χ1) is 12.5. The molecule has 1 spiro atoms. The van der Waals surface area contributed by atoms with E-state index in [2.05, 4.69) is 11.8 Å². The molecule has 1 aliphatic carbocycles. The lowest BCUT2D eigenvalue weighted by molar-refractivity contribution is -0.195. The number of carbonyl (C=O) groups is 1. The van der Waals surface area contributed by atoms with Crippen molar-refractivity contribution in [1.82, 2.24) is 4.90 Å². The van der Waals surface area contributed by atoms with Crippen molar-refractivity contribution in [3.05, 3.63) is 33.8 Å². The second-order valence-corrected chi connectivity index (χ2v) is 8.70. The number of halogens is 2. The molecule has 1 aromatic rings. The Labute approximate surface area is 164 Å². The molecule has 2 heterocycles. The molecule has 1 unspecified atom stereocenters. The fourth-order valence-corrected chi connectivity index (χ4v) is 5.32. The summed E-state index contributed by atoms with van der Waals surface area (Å²) in [7, 11) is 0. The Balaban J connectivity index is 1.41. The van der Waals surface area contributed by atoms with E-state index < -0.39 is 5.79 Å². The van der Waals surface area contributed by atoms with Crippen LogP contribution in [0.1, 0.15) is 38.2 Å². The zero-order chi connectivity index (χ0) is 18.3. The lowest BCUT2D eigenvalue weighted by Crippen LogP contribution is -2.49. The minimum Gasteiger partial charge on any atom is -0.348 e. The highest BCUT2D eigenvalue weighted by Gasteiger charge is 2.47. The standard InChI is InChI=1S/C20H25Cl2NO3/c1-13-12-20(25-8-9-26-20)6-4-18(13)23-7-5-15(19(23)24)10-14-2-3-16(21)11-17(14)22/h2-3,11,13,15,18H,4-10,12H2,1H3/t13-,15?,18+/m0/s1. The number of rotatable bonds is 3. The zero-order valence-corrected chi connectivity index (χ0v) is 16.6. The Morgan fingerprint density at radius 2 is 2.00 bits per heavy atom. The SMILES string of the molecule is C[C@H]1CC2(CC[C@H]1N1CCC(Cc3ccc(Cl)cc3Cl)C1=O)OCCO2. The number of hydrogen-bond acceptors (Lipinski definition) is 3. The lowest BCUT2D eigenvalue weighted by atomic mass is 9.81. The van der Waals surface area contributed by atoms with Crippen LogP contribution in [-0.2, 0) is 20.7 Å². The molecule has 142 valence electrons. The number of hydrogen-bond donors (Lipinski definition) is 0. The number of likely N-dealkylation sites (tertiary alicyclic amines) is 1. The van der Waals surface area contributed by atoms with Crippen LogP contribution in [0, 0.1) is 11.8 Å². The summed E-state index contributed by atoms with van der Waals surface area (Å²) in [6, 6.07) is 5.80. The molecule has 1 amide bonds. The largest absolute Gasteiger partial charge is 0.348 e. The second-order valence-electron chi connectivity index (χ2n) is 7.85. The highest BCUT2D eigenvalue weighted by Crippen LogP contribution is 2.42. The van der Waals surface area contributed by atoms with E-state index >= 15 is 0 Å². The fourth-order valence-electron chi connectivity index (χ4n) is 4.84. The van der Waals surface area contributed by atoms with Gasteiger partial charge in [0.05, 0.1) is 13.2 Å². The molecular weight excluding hydrogens is 373 g/mol. The molecule has 3 aliphatic rings. The number of nitrogens with zero attached hydrogens (tertiary/aromatic N) is 1. The van der Waals surface area contributed by atoms with Crippen molar-refractivity contribution in [3.8, 4) is 0 Å². The maximum absolute atomic E-state index is 13.0. The van der Waals surface area contributed by atoms with Crippen LogP contribution in [0.25, 0.3) is 0 Å². The summed E-state index contributed by atoms with van der Waals surface area (Å²) in [4.78, 5) is 15.1. The third-order valence-electron chi connectivity index (χ3n) is 6.16. The molecule has 0 N–H and O–H groups in total. The van der Waals surface area contributed by atoms with Crippen LogP contribution in [0.3, 0.4) is 0 Å². The van der Waals surface area contributed by atoms with Crippen LogP contribution in [0.5, 0.6) is 0 Å². The van der Waals surface area contributed by atoms with Crippen molar-refractivity contribution in [1.29, 1.82) is 0 Å². The predicted octanol–water partition coefficient (Wildman–Crippen LogP) is 4.32. The highest BCUT2D eigenvalue weighted by atomic mass is 35.5. The van der Waals surface area contributed by atoms with Gasteiger partial charge in [0.25, 0.3) is 0 Å². The maximum atomic E-state index is 13.0. The van der Waals surface area contributed by atoms with Gasteiger partial charge in [0.15, 0.2) is 5.79 Å². The van der Waals surface area contributed by atoms with Gasteiger partial charge < -0.3 is 14.4 Å². The Hall–Kier alpha value is -0.810.